The minimum atomic E-state index is -3.06. The van der Waals surface area contributed by atoms with Gasteiger partial charge in [0, 0.05) is 29.3 Å². The number of aromatic amines is 1. The van der Waals surface area contributed by atoms with Crippen LogP contribution in [0, 0.1) is 11.7 Å². The Balaban J connectivity index is 1.96. The second-order valence-electron chi connectivity index (χ2n) is 5.19. The molecule has 3 rings (SSSR count). The molecule has 2 heterocycles. The van der Waals surface area contributed by atoms with Crippen LogP contribution in [0.2, 0.25) is 0 Å². The van der Waals surface area contributed by atoms with Crippen LogP contribution in [0.1, 0.15) is 17.7 Å². The molecule has 0 bridgehead atoms. The van der Waals surface area contributed by atoms with Gasteiger partial charge in [-0.3, -0.25) is 9.89 Å². The van der Waals surface area contributed by atoms with Crippen molar-refractivity contribution in [3.63, 3.8) is 0 Å². The van der Waals surface area contributed by atoms with Crippen LogP contribution in [0.4, 0.5) is 13.2 Å². The topological polar surface area (TPSA) is 88.1 Å². The molecule has 0 spiro atoms. The first kappa shape index (κ1) is 15.3. The summed E-state index contributed by atoms with van der Waals surface area (Å²) in [5.41, 5.74) is 1.56. The molecular weight excluding hydrogens is 315 g/mol. The van der Waals surface area contributed by atoms with Crippen LogP contribution >= 0.6 is 0 Å². The van der Waals surface area contributed by atoms with Gasteiger partial charge in [-0.1, -0.05) is 0 Å². The zero-order valence-electron chi connectivity index (χ0n) is 11.7. The number of fused-ring (bicyclic) bond motifs is 1. The van der Waals surface area contributed by atoms with Gasteiger partial charge in [-0.25, -0.2) is 9.37 Å². The maximum atomic E-state index is 14.0. The molecule has 0 saturated carbocycles. The number of pyridine rings is 1. The molecule has 0 aromatic carbocycles. The monoisotopic (exact) mass is 327 g/mol. The third kappa shape index (κ3) is 2.99. The predicted octanol–water partition coefficient (Wildman–Crippen LogP) is 2.40. The second kappa shape index (κ2) is 5.90. The molecule has 0 radical (unpaired) electrons. The van der Waals surface area contributed by atoms with Gasteiger partial charge in [-0.15, -0.1) is 0 Å². The van der Waals surface area contributed by atoms with Crippen molar-refractivity contribution < 1.29 is 27.8 Å². The normalized spacial score (nSPS) is 17.1. The summed E-state index contributed by atoms with van der Waals surface area (Å²) in [4.78, 5) is 14.5. The number of ether oxygens (including phenoxy) is 1. The number of aromatic nitrogens is 3. The SMILES string of the molecule is O=C(O)C1CCc2c(-c3cc(OC(F)F)ncc3F)n[nH]c2C1. The molecule has 0 aliphatic heterocycles. The van der Waals surface area contributed by atoms with Gasteiger partial charge in [-0.05, 0) is 12.8 Å². The number of nitrogens with zero attached hydrogens (tertiary/aromatic N) is 2. The Labute approximate surface area is 128 Å². The summed E-state index contributed by atoms with van der Waals surface area (Å²) in [5.74, 6) is -2.54. The number of aliphatic carboxylic acids is 1. The van der Waals surface area contributed by atoms with E-state index < -0.39 is 30.2 Å². The number of carbonyl (C=O) groups is 1. The second-order valence-corrected chi connectivity index (χ2v) is 5.19. The van der Waals surface area contributed by atoms with Gasteiger partial charge in [0.1, 0.15) is 0 Å². The van der Waals surface area contributed by atoms with Crippen LogP contribution in [-0.4, -0.2) is 32.9 Å². The van der Waals surface area contributed by atoms with Crippen molar-refractivity contribution in [2.75, 3.05) is 0 Å². The van der Waals surface area contributed by atoms with Crippen molar-refractivity contribution in [3.8, 4) is 17.1 Å². The lowest BCUT2D eigenvalue weighted by atomic mass is 9.86. The van der Waals surface area contributed by atoms with E-state index in [0.717, 1.165) is 12.3 Å². The number of hydrogen-bond donors (Lipinski definition) is 2. The highest BCUT2D eigenvalue weighted by Gasteiger charge is 2.29. The zero-order chi connectivity index (χ0) is 16.6. The number of H-pyrrole nitrogens is 1. The summed E-state index contributed by atoms with van der Waals surface area (Å²) in [7, 11) is 0. The maximum Gasteiger partial charge on any atom is 0.388 e. The zero-order valence-corrected chi connectivity index (χ0v) is 11.7. The summed E-state index contributed by atoms with van der Waals surface area (Å²) in [5, 5.41) is 15.8. The fourth-order valence-corrected chi connectivity index (χ4v) is 2.70. The summed E-state index contributed by atoms with van der Waals surface area (Å²) in [6.07, 6.45) is 1.87. The maximum absolute atomic E-state index is 14.0. The molecule has 1 aliphatic rings. The first-order valence-electron chi connectivity index (χ1n) is 6.85. The van der Waals surface area contributed by atoms with E-state index in [1.807, 2.05) is 0 Å². The highest BCUT2D eigenvalue weighted by atomic mass is 19.3. The third-order valence-electron chi connectivity index (χ3n) is 3.79. The van der Waals surface area contributed by atoms with E-state index in [9.17, 15) is 18.0 Å². The summed E-state index contributed by atoms with van der Waals surface area (Å²) in [6, 6.07) is 1.06. The smallest absolute Gasteiger partial charge is 0.388 e. The van der Waals surface area contributed by atoms with Crippen molar-refractivity contribution in [1.82, 2.24) is 15.2 Å². The quantitative estimate of drug-likeness (QED) is 0.900. The van der Waals surface area contributed by atoms with Crippen LogP contribution in [0.15, 0.2) is 12.3 Å². The van der Waals surface area contributed by atoms with Crippen molar-refractivity contribution >= 4 is 5.97 Å². The molecule has 2 N–H and O–H groups in total. The van der Waals surface area contributed by atoms with E-state index in [2.05, 4.69) is 19.9 Å². The Morgan fingerprint density at radius 1 is 1.48 bits per heavy atom. The molecule has 1 unspecified atom stereocenters. The molecule has 0 fully saturated rings. The number of nitrogens with one attached hydrogen (secondary N) is 1. The van der Waals surface area contributed by atoms with E-state index in [-0.39, 0.29) is 17.7 Å². The molecule has 23 heavy (non-hydrogen) atoms. The highest BCUT2D eigenvalue weighted by molar-refractivity contribution is 5.72. The summed E-state index contributed by atoms with van der Waals surface area (Å²) >= 11 is 0. The van der Waals surface area contributed by atoms with E-state index in [1.165, 1.54) is 0 Å². The Morgan fingerprint density at radius 2 is 2.26 bits per heavy atom. The number of rotatable bonds is 4. The van der Waals surface area contributed by atoms with Crippen molar-refractivity contribution in [2.24, 2.45) is 5.92 Å². The molecule has 122 valence electrons. The van der Waals surface area contributed by atoms with Gasteiger partial charge < -0.3 is 9.84 Å². The van der Waals surface area contributed by atoms with Crippen molar-refractivity contribution in [3.05, 3.63) is 29.3 Å². The van der Waals surface area contributed by atoms with Crippen LogP contribution in [0.25, 0.3) is 11.3 Å². The minimum Gasteiger partial charge on any atom is -0.481 e. The molecule has 2 aromatic rings. The van der Waals surface area contributed by atoms with Crippen LogP contribution in [0.3, 0.4) is 0 Å². The van der Waals surface area contributed by atoms with Gasteiger partial charge >= 0.3 is 12.6 Å². The van der Waals surface area contributed by atoms with Gasteiger partial charge in [0.25, 0.3) is 0 Å². The van der Waals surface area contributed by atoms with Crippen LogP contribution < -0.4 is 4.74 Å². The van der Waals surface area contributed by atoms with E-state index in [0.29, 0.717) is 24.1 Å². The summed E-state index contributed by atoms with van der Waals surface area (Å²) < 4.78 is 42.7. The molecule has 9 heteroatoms. The Hall–Kier alpha value is -2.58. The Morgan fingerprint density at radius 3 is 2.96 bits per heavy atom. The number of carboxylic acids is 1. The fraction of sp³-hybridized carbons (Fsp3) is 0.357. The fourth-order valence-electron chi connectivity index (χ4n) is 2.70. The van der Waals surface area contributed by atoms with E-state index in [4.69, 9.17) is 5.11 Å². The van der Waals surface area contributed by atoms with Gasteiger partial charge in [-0.2, -0.15) is 13.9 Å². The number of alkyl halides is 2. The van der Waals surface area contributed by atoms with Gasteiger partial charge in [0.05, 0.1) is 17.8 Å². The average Bonchev–Trinajstić information content (AvgIpc) is 2.91. The molecule has 6 nitrogen and oxygen atoms in total. The average molecular weight is 327 g/mol. The van der Waals surface area contributed by atoms with Gasteiger partial charge in [0.15, 0.2) is 5.82 Å². The number of halogens is 3. The Kier molecular flexibility index (Phi) is 3.93. The lowest BCUT2D eigenvalue weighted by Gasteiger charge is -2.18. The molecule has 2 aromatic heterocycles. The first-order chi connectivity index (χ1) is 11.0. The lowest BCUT2D eigenvalue weighted by molar-refractivity contribution is -0.142. The number of hydrogen-bond acceptors (Lipinski definition) is 4. The molecule has 0 amide bonds. The molecule has 1 atom stereocenters. The summed E-state index contributed by atoms with van der Waals surface area (Å²) in [6.45, 7) is -3.06. The Bertz CT molecular complexity index is 748. The number of carboxylic acid groups (broad SMARTS) is 1. The molecule has 0 saturated heterocycles. The first-order valence-corrected chi connectivity index (χ1v) is 6.85. The lowest BCUT2D eigenvalue weighted by Crippen LogP contribution is -2.22. The third-order valence-corrected chi connectivity index (χ3v) is 3.79. The van der Waals surface area contributed by atoms with Crippen molar-refractivity contribution in [2.45, 2.75) is 25.9 Å². The van der Waals surface area contributed by atoms with Crippen LogP contribution in [0.5, 0.6) is 5.88 Å². The predicted molar refractivity (Wildman–Crippen MR) is 71.6 cm³/mol. The molecular formula is C14H12F3N3O3. The van der Waals surface area contributed by atoms with Crippen molar-refractivity contribution in [1.29, 1.82) is 0 Å². The largest absolute Gasteiger partial charge is 0.481 e. The standard InChI is InChI=1S/C14H12F3N3O3/c15-9-5-18-11(23-14(16)17)4-8(9)12-7-2-1-6(13(21)22)3-10(7)19-20-12/h4-6,14H,1-3H2,(H,19,20)(H,21,22). The van der Waals surface area contributed by atoms with E-state index in [1.54, 1.807) is 0 Å². The molecule has 1 aliphatic carbocycles. The van der Waals surface area contributed by atoms with Gasteiger partial charge in [0.2, 0.25) is 5.88 Å². The highest BCUT2D eigenvalue weighted by Crippen LogP contribution is 2.34. The van der Waals surface area contributed by atoms with E-state index >= 15 is 0 Å². The minimum absolute atomic E-state index is 0.0121. The van der Waals surface area contributed by atoms with Crippen LogP contribution in [-0.2, 0) is 17.6 Å².